The van der Waals surface area contributed by atoms with Crippen LogP contribution >= 0.6 is 0 Å². The summed E-state index contributed by atoms with van der Waals surface area (Å²) in [4.78, 5) is 24.9. The number of alkyl halides is 3. The van der Waals surface area contributed by atoms with Gasteiger partial charge in [-0.25, -0.2) is 24.9 Å². The van der Waals surface area contributed by atoms with E-state index in [9.17, 15) is 13.2 Å². The summed E-state index contributed by atoms with van der Waals surface area (Å²) in [6.07, 6.45) is 2.20. The summed E-state index contributed by atoms with van der Waals surface area (Å²) in [7, 11) is 0. The molecule has 31 heavy (non-hydrogen) atoms. The quantitative estimate of drug-likeness (QED) is 0.618. The molecule has 0 aliphatic carbocycles. The van der Waals surface area contributed by atoms with Gasteiger partial charge in [0, 0.05) is 39.0 Å². The van der Waals surface area contributed by atoms with Gasteiger partial charge in [-0.05, 0) is 18.9 Å². The third-order valence-corrected chi connectivity index (χ3v) is 5.60. The number of nitrogens with zero attached hydrogens (tertiary/aromatic N) is 8. The first-order valence-electron chi connectivity index (χ1n) is 10.2. The van der Waals surface area contributed by atoms with Gasteiger partial charge in [-0.3, -0.25) is 0 Å². The second-order valence-corrected chi connectivity index (χ2v) is 7.62. The van der Waals surface area contributed by atoms with Gasteiger partial charge in [0.15, 0.2) is 17.0 Å². The first-order valence-corrected chi connectivity index (χ1v) is 10.2. The number of fused-ring (bicyclic) bond motifs is 1. The van der Waals surface area contributed by atoms with Gasteiger partial charge in [-0.1, -0.05) is 0 Å². The second-order valence-electron chi connectivity index (χ2n) is 7.62. The molecule has 3 aromatic rings. The van der Waals surface area contributed by atoms with Crippen molar-refractivity contribution in [3.63, 3.8) is 0 Å². The third-order valence-electron chi connectivity index (χ3n) is 5.60. The van der Waals surface area contributed by atoms with Crippen LogP contribution in [0.2, 0.25) is 0 Å². The minimum absolute atomic E-state index is 0.0863. The summed E-state index contributed by atoms with van der Waals surface area (Å²) in [6.45, 7) is 3.56. The van der Waals surface area contributed by atoms with Gasteiger partial charge >= 0.3 is 6.18 Å². The Morgan fingerprint density at radius 2 is 1.84 bits per heavy atom. The van der Waals surface area contributed by atoms with Crippen molar-refractivity contribution in [2.75, 3.05) is 42.6 Å². The van der Waals surface area contributed by atoms with Crippen molar-refractivity contribution in [2.45, 2.75) is 31.7 Å². The molecule has 5 rings (SSSR count). The maximum absolute atomic E-state index is 12.9. The van der Waals surface area contributed by atoms with E-state index in [4.69, 9.17) is 4.74 Å². The molecule has 0 saturated carbocycles. The minimum atomic E-state index is -4.49. The lowest BCUT2D eigenvalue weighted by molar-refractivity contribution is -0.141. The van der Waals surface area contributed by atoms with Crippen LogP contribution in [-0.4, -0.2) is 68.4 Å². The second kappa shape index (κ2) is 7.91. The van der Waals surface area contributed by atoms with Crippen molar-refractivity contribution >= 4 is 22.9 Å². The molecule has 1 atom stereocenters. The fraction of sp³-hybridized carbons (Fsp3) is 0.526. The number of piperazine rings is 1. The molecule has 2 fully saturated rings. The number of rotatable bonds is 4. The van der Waals surface area contributed by atoms with E-state index in [2.05, 4.69) is 29.8 Å². The van der Waals surface area contributed by atoms with Gasteiger partial charge in [0.25, 0.3) is 0 Å². The topological polar surface area (TPSA) is 85.1 Å². The van der Waals surface area contributed by atoms with Gasteiger partial charge in [0.05, 0.1) is 19.0 Å². The Morgan fingerprint density at radius 1 is 1.03 bits per heavy atom. The Morgan fingerprint density at radius 3 is 2.58 bits per heavy atom. The molecule has 2 saturated heterocycles. The van der Waals surface area contributed by atoms with Gasteiger partial charge in [-0.2, -0.15) is 13.2 Å². The number of halogens is 3. The molecular weight excluding hydrogens is 413 g/mol. The number of aromatic nitrogens is 6. The lowest BCUT2D eigenvalue weighted by Crippen LogP contribution is -2.47. The normalized spacial score (nSPS) is 20.0. The van der Waals surface area contributed by atoms with E-state index in [1.165, 1.54) is 6.33 Å². The van der Waals surface area contributed by atoms with Crippen LogP contribution in [0, 0.1) is 0 Å². The smallest absolute Gasteiger partial charge is 0.376 e. The van der Waals surface area contributed by atoms with Gasteiger partial charge < -0.3 is 19.1 Å². The van der Waals surface area contributed by atoms with Crippen molar-refractivity contribution in [2.24, 2.45) is 0 Å². The summed E-state index contributed by atoms with van der Waals surface area (Å²) < 4.78 is 46.6. The molecule has 9 nitrogen and oxygen atoms in total. The molecule has 1 unspecified atom stereocenters. The fourth-order valence-electron chi connectivity index (χ4n) is 4.02. The average Bonchev–Trinajstić information content (AvgIpc) is 3.44. The number of ether oxygens (including phenoxy) is 1. The highest BCUT2D eigenvalue weighted by molar-refractivity contribution is 5.83. The Labute approximate surface area is 175 Å². The largest absolute Gasteiger partial charge is 0.433 e. The van der Waals surface area contributed by atoms with E-state index < -0.39 is 11.9 Å². The van der Waals surface area contributed by atoms with Crippen LogP contribution in [0.4, 0.5) is 24.9 Å². The lowest BCUT2D eigenvalue weighted by Gasteiger charge is -2.35. The van der Waals surface area contributed by atoms with Gasteiger partial charge in [0.1, 0.15) is 12.0 Å². The van der Waals surface area contributed by atoms with E-state index in [1.807, 2.05) is 4.57 Å². The van der Waals surface area contributed by atoms with Crippen molar-refractivity contribution in [1.29, 1.82) is 0 Å². The summed E-state index contributed by atoms with van der Waals surface area (Å²) in [5.41, 5.74) is 0.530. The first-order chi connectivity index (χ1) is 15.0. The van der Waals surface area contributed by atoms with Crippen molar-refractivity contribution in [3.8, 4) is 0 Å². The Bertz CT molecular complexity index is 1060. The van der Waals surface area contributed by atoms with Crippen LogP contribution in [0.15, 0.2) is 24.9 Å². The molecule has 0 spiro atoms. The highest BCUT2D eigenvalue weighted by atomic mass is 19.4. The molecule has 0 aromatic carbocycles. The van der Waals surface area contributed by atoms with E-state index >= 15 is 0 Å². The Hall–Kier alpha value is -3.02. The zero-order chi connectivity index (χ0) is 21.4. The van der Waals surface area contributed by atoms with Crippen LogP contribution in [0.25, 0.3) is 11.2 Å². The standard InChI is InChI=1S/C19H21F3N8O/c20-19(21,22)14-3-4-23-18(27-14)29-7-5-28(6-8-29)16-15-17(25-11-24-16)30(12-26-15)10-13-2-1-9-31-13/h3-4,11-13H,1-2,5-10H2. The van der Waals surface area contributed by atoms with E-state index in [-0.39, 0.29) is 12.1 Å². The predicted octanol–water partition coefficient (Wildman–Crippen LogP) is 2.14. The maximum atomic E-state index is 12.9. The number of hydrogen-bond donors (Lipinski definition) is 0. The molecule has 2 aliphatic heterocycles. The molecule has 5 heterocycles. The van der Waals surface area contributed by atoms with Crippen LogP contribution in [-0.2, 0) is 17.5 Å². The molecule has 3 aromatic heterocycles. The summed E-state index contributed by atoms with van der Waals surface area (Å²) >= 11 is 0. The molecule has 2 aliphatic rings. The highest BCUT2D eigenvalue weighted by Gasteiger charge is 2.33. The molecule has 12 heteroatoms. The van der Waals surface area contributed by atoms with Gasteiger partial charge in [0.2, 0.25) is 5.95 Å². The molecule has 0 N–H and O–H groups in total. The zero-order valence-corrected chi connectivity index (χ0v) is 16.7. The first kappa shape index (κ1) is 19.9. The number of anilines is 2. The Balaban J connectivity index is 1.31. The monoisotopic (exact) mass is 434 g/mol. The lowest BCUT2D eigenvalue weighted by atomic mass is 10.2. The zero-order valence-electron chi connectivity index (χ0n) is 16.7. The predicted molar refractivity (Wildman–Crippen MR) is 106 cm³/mol. The van der Waals surface area contributed by atoms with Crippen LogP contribution in [0.5, 0.6) is 0 Å². The highest BCUT2D eigenvalue weighted by Crippen LogP contribution is 2.29. The average molecular weight is 434 g/mol. The van der Waals surface area contributed by atoms with Gasteiger partial charge in [-0.15, -0.1) is 0 Å². The molecule has 164 valence electrons. The number of imidazole rings is 1. The van der Waals surface area contributed by atoms with Crippen molar-refractivity contribution in [1.82, 2.24) is 29.5 Å². The van der Waals surface area contributed by atoms with Crippen molar-refractivity contribution < 1.29 is 17.9 Å². The van der Waals surface area contributed by atoms with Crippen LogP contribution < -0.4 is 9.80 Å². The van der Waals surface area contributed by atoms with Crippen LogP contribution in [0.1, 0.15) is 18.5 Å². The van der Waals surface area contributed by atoms with Crippen LogP contribution in [0.3, 0.4) is 0 Å². The fourth-order valence-corrected chi connectivity index (χ4v) is 4.02. The number of hydrogen-bond acceptors (Lipinski definition) is 8. The van der Waals surface area contributed by atoms with E-state index in [0.29, 0.717) is 38.2 Å². The van der Waals surface area contributed by atoms with E-state index in [0.717, 1.165) is 43.2 Å². The minimum Gasteiger partial charge on any atom is -0.376 e. The molecule has 0 bridgehead atoms. The maximum Gasteiger partial charge on any atom is 0.433 e. The Kier molecular flexibility index (Phi) is 5.08. The third kappa shape index (κ3) is 3.99. The summed E-state index contributed by atoms with van der Waals surface area (Å²) in [5, 5.41) is 0. The SMILES string of the molecule is FC(F)(F)c1ccnc(N2CCN(c3ncnc4c3ncn4CC3CCCO3)CC2)n1. The van der Waals surface area contributed by atoms with E-state index in [1.54, 1.807) is 11.2 Å². The molecule has 0 amide bonds. The summed E-state index contributed by atoms with van der Waals surface area (Å²) in [6, 6.07) is 0.879. The molecular formula is C19H21F3N8O. The molecule has 0 radical (unpaired) electrons. The van der Waals surface area contributed by atoms with Crippen molar-refractivity contribution in [3.05, 3.63) is 30.6 Å². The summed E-state index contributed by atoms with van der Waals surface area (Å²) in [5.74, 6) is 0.809.